The smallest absolute Gasteiger partial charge is 0.264 e. The molecule has 184 valence electrons. The van der Waals surface area contributed by atoms with Crippen molar-refractivity contribution in [1.82, 2.24) is 9.97 Å². The van der Waals surface area contributed by atoms with E-state index in [4.69, 9.17) is 9.47 Å². The first-order valence-corrected chi connectivity index (χ1v) is 12.3. The van der Waals surface area contributed by atoms with E-state index in [9.17, 15) is 13.2 Å². The van der Waals surface area contributed by atoms with Gasteiger partial charge in [0.15, 0.2) is 0 Å². The third-order valence-corrected chi connectivity index (χ3v) is 6.55. The zero-order valence-electron chi connectivity index (χ0n) is 19.8. The highest BCUT2D eigenvalue weighted by Gasteiger charge is 2.19. The summed E-state index contributed by atoms with van der Waals surface area (Å²) in [6.07, 6.45) is 0. The molecule has 1 heterocycles. The predicted octanol–water partition coefficient (Wildman–Crippen LogP) is 4.59. The minimum atomic E-state index is -4.02. The highest BCUT2D eigenvalue weighted by Crippen LogP contribution is 2.32. The summed E-state index contributed by atoms with van der Waals surface area (Å²) in [5.74, 6) is 0.909. The molecule has 0 bridgehead atoms. The van der Waals surface area contributed by atoms with Crippen molar-refractivity contribution >= 4 is 27.6 Å². The van der Waals surface area contributed by atoms with Crippen molar-refractivity contribution in [2.45, 2.75) is 11.8 Å². The first-order chi connectivity index (χ1) is 17.3. The van der Waals surface area contributed by atoms with Crippen LogP contribution in [0, 0.1) is 0 Å². The third kappa shape index (κ3) is 5.61. The maximum absolute atomic E-state index is 13.1. The van der Waals surface area contributed by atoms with Crippen LogP contribution < -0.4 is 19.5 Å². The summed E-state index contributed by atoms with van der Waals surface area (Å²) in [7, 11) is -0.889. The molecule has 2 N–H and O–H groups in total. The van der Waals surface area contributed by atoms with Crippen LogP contribution in [-0.4, -0.2) is 38.5 Å². The van der Waals surface area contributed by atoms with Gasteiger partial charge < -0.3 is 14.8 Å². The van der Waals surface area contributed by atoms with Gasteiger partial charge >= 0.3 is 0 Å². The molecule has 0 fully saturated rings. The number of anilines is 2. The van der Waals surface area contributed by atoms with Crippen molar-refractivity contribution in [3.05, 3.63) is 78.9 Å². The van der Waals surface area contributed by atoms with Crippen LogP contribution in [0.1, 0.15) is 6.92 Å². The number of carbonyl (C=O) groups excluding carboxylic acids is 1. The van der Waals surface area contributed by atoms with E-state index in [1.807, 2.05) is 30.3 Å². The monoisotopic (exact) mass is 504 g/mol. The van der Waals surface area contributed by atoms with Crippen LogP contribution in [-0.2, 0) is 14.8 Å². The Balaban J connectivity index is 1.76. The summed E-state index contributed by atoms with van der Waals surface area (Å²) in [6.45, 7) is 1.37. The average Bonchev–Trinajstić information content (AvgIpc) is 2.88. The Kier molecular flexibility index (Phi) is 7.16. The topological polar surface area (TPSA) is 120 Å². The predicted molar refractivity (Wildman–Crippen MR) is 138 cm³/mol. The number of amides is 1. The lowest BCUT2D eigenvalue weighted by Gasteiger charge is -2.13. The Morgan fingerprint density at radius 3 is 2.14 bits per heavy atom. The summed E-state index contributed by atoms with van der Waals surface area (Å²) in [5, 5.41) is 2.60. The Morgan fingerprint density at radius 2 is 1.50 bits per heavy atom. The number of nitrogens with one attached hydrogen (secondary N) is 2. The van der Waals surface area contributed by atoms with E-state index in [-0.39, 0.29) is 16.8 Å². The molecule has 36 heavy (non-hydrogen) atoms. The SMILES string of the molecule is COc1ccc(-c2cc(-c3ccccc3OC)nc(NS(=O)(=O)c3ccc(NC(C)=O)cc3)n2)cc1. The second-order valence-corrected chi connectivity index (χ2v) is 9.38. The van der Waals surface area contributed by atoms with Gasteiger partial charge in [0.2, 0.25) is 11.9 Å². The van der Waals surface area contributed by atoms with E-state index in [1.165, 1.54) is 31.2 Å². The van der Waals surface area contributed by atoms with Crippen molar-refractivity contribution in [3.8, 4) is 34.0 Å². The number of hydrogen-bond acceptors (Lipinski definition) is 7. The number of nitrogens with zero attached hydrogens (tertiary/aromatic N) is 2. The van der Waals surface area contributed by atoms with E-state index in [0.29, 0.717) is 34.1 Å². The van der Waals surface area contributed by atoms with Crippen molar-refractivity contribution in [2.24, 2.45) is 0 Å². The molecule has 0 radical (unpaired) electrons. The van der Waals surface area contributed by atoms with Gasteiger partial charge in [-0.2, -0.15) is 0 Å². The standard InChI is InChI=1S/C26H24N4O5S/c1-17(31)27-19-10-14-21(15-11-19)36(32,33)30-26-28-23(18-8-12-20(34-2)13-9-18)16-24(29-26)22-6-4-5-7-25(22)35-3/h4-16H,1-3H3,(H,27,31)(H,28,29,30). The number of carbonyl (C=O) groups is 1. The maximum Gasteiger partial charge on any atom is 0.264 e. The minimum Gasteiger partial charge on any atom is -0.497 e. The lowest BCUT2D eigenvalue weighted by atomic mass is 10.1. The quantitative estimate of drug-likeness (QED) is 0.360. The molecule has 0 saturated carbocycles. The lowest BCUT2D eigenvalue weighted by molar-refractivity contribution is -0.114. The highest BCUT2D eigenvalue weighted by atomic mass is 32.2. The minimum absolute atomic E-state index is 0.00565. The summed E-state index contributed by atoms with van der Waals surface area (Å²) < 4.78 is 39.4. The van der Waals surface area contributed by atoms with E-state index in [1.54, 1.807) is 38.5 Å². The van der Waals surface area contributed by atoms with E-state index < -0.39 is 10.0 Å². The normalized spacial score (nSPS) is 11.0. The number of benzene rings is 3. The van der Waals surface area contributed by atoms with Gasteiger partial charge in [-0.3, -0.25) is 4.79 Å². The van der Waals surface area contributed by atoms with E-state index in [0.717, 1.165) is 5.56 Å². The Labute approximate surface area is 209 Å². The van der Waals surface area contributed by atoms with Gasteiger partial charge in [0.05, 0.1) is 30.5 Å². The van der Waals surface area contributed by atoms with Gasteiger partial charge in [-0.1, -0.05) is 12.1 Å². The molecular formula is C26H24N4O5S. The zero-order chi connectivity index (χ0) is 25.7. The number of sulfonamides is 1. The van der Waals surface area contributed by atoms with Gasteiger partial charge in [-0.05, 0) is 66.7 Å². The number of para-hydroxylation sites is 1. The molecule has 3 aromatic carbocycles. The molecule has 0 aliphatic carbocycles. The van der Waals surface area contributed by atoms with Crippen LogP contribution in [0.3, 0.4) is 0 Å². The molecule has 10 heteroatoms. The Morgan fingerprint density at radius 1 is 0.833 bits per heavy atom. The maximum atomic E-state index is 13.1. The molecule has 0 aliphatic rings. The van der Waals surface area contributed by atoms with Gasteiger partial charge in [-0.25, -0.2) is 23.1 Å². The molecule has 1 aromatic heterocycles. The largest absolute Gasteiger partial charge is 0.497 e. The zero-order valence-corrected chi connectivity index (χ0v) is 20.7. The molecule has 0 saturated heterocycles. The Bertz CT molecular complexity index is 1490. The first kappa shape index (κ1) is 24.7. The number of hydrogen-bond donors (Lipinski definition) is 2. The molecular weight excluding hydrogens is 480 g/mol. The van der Waals surface area contributed by atoms with Crippen LogP contribution in [0.25, 0.3) is 22.5 Å². The lowest BCUT2D eigenvalue weighted by Crippen LogP contribution is -2.16. The molecule has 0 spiro atoms. The number of aromatic nitrogens is 2. The Hall–Kier alpha value is -4.44. The van der Waals surface area contributed by atoms with Gasteiger partial charge in [0.1, 0.15) is 11.5 Å². The van der Waals surface area contributed by atoms with E-state index >= 15 is 0 Å². The van der Waals surface area contributed by atoms with E-state index in [2.05, 4.69) is 20.0 Å². The summed E-state index contributed by atoms with van der Waals surface area (Å²) in [6, 6.07) is 22.1. The summed E-state index contributed by atoms with van der Waals surface area (Å²) in [5.41, 5.74) is 2.89. The van der Waals surface area contributed by atoms with Crippen molar-refractivity contribution in [3.63, 3.8) is 0 Å². The number of methoxy groups -OCH3 is 2. The second-order valence-electron chi connectivity index (χ2n) is 7.70. The number of ether oxygens (including phenoxy) is 2. The highest BCUT2D eigenvalue weighted by molar-refractivity contribution is 7.92. The first-order valence-electron chi connectivity index (χ1n) is 10.9. The van der Waals surface area contributed by atoms with Crippen molar-refractivity contribution < 1.29 is 22.7 Å². The summed E-state index contributed by atoms with van der Waals surface area (Å²) in [4.78, 5) is 20.2. The second kappa shape index (κ2) is 10.4. The molecule has 4 rings (SSSR count). The average molecular weight is 505 g/mol. The molecule has 0 aliphatic heterocycles. The molecule has 1 amide bonds. The van der Waals surface area contributed by atoms with Crippen molar-refractivity contribution in [1.29, 1.82) is 0 Å². The molecule has 0 atom stereocenters. The van der Waals surface area contributed by atoms with Gasteiger partial charge in [-0.15, -0.1) is 0 Å². The number of rotatable bonds is 8. The fourth-order valence-corrected chi connectivity index (χ4v) is 4.44. The third-order valence-electron chi connectivity index (χ3n) is 5.21. The van der Waals surface area contributed by atoms with Crippen LogP contribution in [0.15, 0.2) is 83.8 Å². The van der Waals surface area contributed by atoms with Crippen LogP contribution >= 0.6 is 0 Å². The van der Waals surface area contributed by atoms with Gasteiger partial charge in [0.25, 0.3) is 10.0 Å². The molecule has 4 aromatic rings. The fourth-order valence-electron chi connectivity index (χ4n) is 3.50. The van der Waals surface area contributed by atoms with Crippen LogP contribution in [0.5, 0.6) is 11.5 Å². The van der Waals surface area contributed by atoms with Crippen LogP contribution in [0.4, 0.5) is 11.6 Å². The van der Waals surface area contributed by atoms with Crippen LogP contribution in [0.2, 0.25) is 0 Å². The molecule has 9 nitrogen and oxygen atoms in total. The van der Waals surface area contributed by atoms with Crippen molar-refractivity contribution in [2.75, 3.05) is 24.3 Å². The summed E-state index contributed by atoms with van der Waals surface area (Å²) >= 11 is 0. The molecule has 0 unspecified atom stereocenters. The fraction of sp³-hybridized carbons (Fsp3) is 0.115. The van der Waals surface area contributed by atoms with Gasteiger partial charge in [0, 0.05) is 23.7 Å².